The third-order valence-electron chi connectivity index (χ3n) is 5.08. The zero-order valence-electron chi connectivity index (χ0n) is 11.4. The van der Waals surface area contributed by atoms with Crippen LogP contribution in [0.15, 0.2) is 12.2 Å². The second-order valence-corrected chi connectivity index (χ2v) is 6.76. The first-order valence-corrected chi connectivity index (χ1v) is 6.89. The van der Waals surface area contributed by atoms with Gasteiger partial charge >= 0.3 is 0 Å². The van der Waals surface area contributed by atoms with Crippen LogP contribution in [0.5, 0.6) is 0 Å². The molecule has 2 N–H and O–H groups in total. The molecule has 2 heteroatoms. The number of rotatable bonds is 1. The molecule has 2 aliphatic rings. The molecule has 0 aromatic rings. The third-order valence-corrected chi connectivity index (χ3v) is 5.08. The lowest BCUT2D eigenvalue weighted by Crippen LogP contribution is -2.61. The molecule has 2 aliphatic carbocycles. The van der Waals surface area contributed by atoms with E-state index in [1.807, 2.05) is 6.92 Å². The quantitative estimate of drug-likeness (QED) is 0.690. The van der Waals surface area contributed by atoms with E-state index in [1.54, 1.807) is 0 Å². The summed E-state index contributed by atoms with van der Waals surface area (Å²) in [7, 11) is 0. The molecule has 4 atom stereocenters. The van der Waals surface area contributed by atoms with E-state index in [9.17, 15) is 10.2 Å². The summed E-state index contributed by atoms with van der Waals surface area (Å²) >= 11 is 0. The molecule has 2 rings (SSSR count). The molecule has 0 amide bonds. The third kappa shape index (κ3) is 2.06. The molecule has 0 spiro atoms. The minimum atomic E-state index is -0.731. The summed E-state index contributed by atoms with van der Waals surface area (Å²) in [5, 5.41) is 21.6. The van der Waals surface area contributed by atoms with Gasteiger partial charge in [0, 0.05) is 5.92 Å². The second kappa shape index (κ2) is 4.10. The first-order chi connectivity index (χ1) is 7.77. The summed E-state index contributed by atoms with van der Waals surface area (Å²) in [5.74, 6) is 0.774. The van der Waals surface area contributed by atoms with Crippen LogP contribution < -0.4 is 0 Å². The van der Waals surface area contributed by atoms with E-state index >= 15 is 0 Å². The molecule has 2 fully saturated rings. The van der Waals surface area contributed by atoms with Gasteiger partial charge in [-0.2, -0.15) is 0 Å². The molecule has 0 aromatic heterocycles. The van der Waals surface area contributed by atoms with Crippen molar-refractivity contribution >= 4 is 0 Å². The van der Waals surface area contributed by atoms with Crippen LogP contribution in [0, 0.1) is 17.8 Å². The Morgan fingerprint density at radius 2 is 1.94 bits per heavy atom. The van der Waals surface area contributed by atoms with Gasteiger partial charge in [0.1, 0.15) is 0 Å². The van der Waals surface area contributed by atoms with E-state index in [4.69, 9.17) is 0 Å². The van der Waals surface area contributed by atoms with Crippen molar-refractivity contribution < 1.29 is 10.2 Å². The lowest BCUT2D eigenvalue weighted by molar-refractivity contribution is -0.197. The van der Waals surface area contributed by atoms with Gasteiger partial charge in [-0.05, 0) is 50.9 Å². The van der Waals surface area contributed by atoms with Gasteiger partial charge in [0.25, 0.3) is 0 Å². The van der Waals surface area contributed by atoms with Crippen molar-refractivity contribution in [1.82, 2.24) is 0 Å². The lowest BCUT2D eigenvalue weighted by Gasteiger charge is -2.56. The van der Waals surface area contributed by atoms with Crippen LogP contribution in [0.3, 0.4) is 0 Å². The minimum absolute atomic E-state index is 0.0154. The smallest absolute Gasteiger partial charge is 0.0770 e. The van der Waals surface area contributed by atoms with Gasteiger partial charge in [-0.25, -0.2) is 0 Å². The Morgan fingerprint density at radius 1 is 1.29 bits per heavy atom. The zero-order valence-corrected chi connectivity index (χ0v) is 11.4. The summed E-state index contributed by atoms with van der Waals surface area (Å²) in [6.07, 6.45) is 4.25. The summed E-state index contributed by atoms with van der Waals surface area (Å²) in [6, 6.07) is 0. The standard InChI is InChI=1S/C15H26O2/c1-10(2)12-7-8-14(4,16)13-6-5-11(3)9-15(12,13)17/h10,12-13,16-17H,3,5-9H2,1-2,4H3/t12-,13+,14-,15+/m0/s1. The minimum Gasteiger partial charge on any atom is -0.390 e. The SMILES string of the molecule is C=C1CC[C@H]2[C@@](O)(C1)[C@H](C(C)C)CC[C@]2(C)O. The Morgan fingerprint density at radius 3 is 2.53 bits per heavy atom. The summed E-state index contributed by atoms with van der Waals surface area (Å²) < 4.78 is 0. The first kappa shape index (κ1) is 13.1. The van der Waals surface area contributed by atoms with E-state index in [0.717, 1.165) is 31.3 Å². The molecule has 2 saturated carbocycles. The number of fused-ring (bicyclic) bond motifs is 1. The van der Waals surface area contributed by atoms with E-state index in [0.29, 0.717) is 18.3 Å². The van der Waals surface area contributed by atoms with Gasteiger partial charge in [0.15, 0.2) is 0 Å². The zero-order chi connectivity index (χ0) is 12.8. The molecule has 0 aliphatic heterocycles. The van der Waals surface area contributed by atoms with E-state index in [1.165, 1.54) is 0 Å². The Labute approximate surface area is 105 Å². The molecule has 0 radical (unpaired) electrons. The highest BCUT2D eigenvalue weighted by atomic mass is 16.3. The van der Waals surface area contributed by atoms with Crippen LogP contribution in [0.4, 0.5) is 0 Å². The van der Waals surface area contributed by atoms with Crippen molar-refractivity contribution in [3.8, 4) is 0 Å². The van der Waals surface area contributed by atoms with Crippen molar-refractivity contribution in [2.75, 3.05) is 0 Å². The van der Waals surface area contributed by atoms with Crippen molar-refractivity contribution in [3.63, 3.8) is 0 Å². The maximum absolute atomic E-state index is 11.1. The average molecular weight is 238 g/mol. The normalized spacial score (nSPS) is 47.1. The van der Waals surface area contributed by atoms with Gasteiger partial charge in [0.05, 0.1) is 11.2 Å². The summed E-state index contributed by atoms with van der Waals surface area (Å²) in [5.41, 5.74) is -0.293. The van der Waals surface area contributed by atoms with Crippen LogP contribution in [-0.4, -0.2) is 21.4 Å². The Bertz CT molecular complexity index is 319. The Hall–Kier alpha value is -0.340. The predicted octanol–water partition coefficient (Wildman–Crippen LogP) is 2.89. The predicted molar refractivity (Wildman–Crippen MR) is 69.6 cm³/mol. The van der Waals surface area contributed by atoms with Crippen LogP contribution in [0.2, 0.25) is 0 Å². The highest BCUT2D eigenvalue weighted by Gasteiger charge is 2.56. The van der Waals surface area contributed by atoms with Crippen molar-refractivity contribution in [1.29, 1.82) is 0 Å². The maximum Gasteiger partial charge on any atom is 0.0770 e. The van der Waals surface area contributed by atoms with Crippen LogP contribution in [0.25, 0.3) is 0 Å². The van der Waals surface area contributed by atoms with Gasteiger partial charge < -0.3 is 10.2 Å². The van der Waals surface area contributed by atoms with Gasteiger partial charge in [-0.3, -0.25) is 0 Å². The van der Waals surface area contributed by atoms with Crippen LogP contribution >= 0.6 is 0 Å². The fourth-order valence-corrected chi connectivity index (χ4v) is 4.23. The molecule has 0 aromatic carbocycles. The molecular formula is C15H26O2. The molecule has 0 bridgehead atoms. The molecular weight excluding hydrogens is 212 g/mol. The Balaban J connectivity index is 2.35. The van der Waals surface area contributed by atoms with Gasteiger partial charge in [-0.1, -0.05) is 26.0 Å². The first-order valence-electron chi connectivity index (χ1n) is 6.89. The van der Waals surface area contributed by atoms with Crippen LogP contribution in [0.1, 0.15) is 52.9 Å². The molecule has 98 valence electrons. The fourth-order valence-electron chi connectivity index (χ4n) is 4.23. The largest absolute Gasteiger partial charge is 0.390 e. The highest BCUT2D eigenvalue weighted by Crippen LogP contribution is 2.54. The number of hydrogen-bond acceptors (Lipinski definition) is 2. The van der Waals surface area contributed by atoms with Crippen molar-refractivity contribution in [2.24, 2.45) is 17.8 Å². The summed E-state index contributed by atoms with van der Waals surface area (Å²) in [4.78, 5) is 0. The lowest BCUT2D eigenvalue weighted by atomic mass is 9.54. The number of aliphatic hydroxyl groups is 2. The van der Waals surface area contributed by atoms with Crippen molar-refractivity contribution in [3.05, 3.63) is 12.2 Å². The van der Waals surface area contributed by atoms with Crippen molar-refractivity contribution in [2.45, 2.75) is 64.1 Å². The van der Waals surface area contributed by atoms with Gasteiger partial charge in [0.2, 0.25) is 0 Å². The summed E-state index contributed by atoms with van der Waals surface area (Å²) in [6.45, 7) is 10.3. The molecule has 2 nitrogen and oxygen atoms in total. The van der Waals surface area contributed by atoms with E-state index < -0.39 is 11.2 Å². The van der Waals surface area contributed by atoms with Gasteiger partial charge in [-0.15, -0.1) is 0 Å². The van der Waals surface area contributed by atoms with E-state index in [2.05, 4.69) is 20.4 Å². The monoisotopic (exact) mass is 238 g/mol. The fraction of sp³-hybridized carbons (Fsp3) is 0.867. The topological polar surface area (TPSA) is 40.5 Å². The van der Waals surface area contributed by atoms with Crippen LogP contribution in [-0.2, 0) is 0 Å². The number of hydrogen-bond donors (Lipinski definition) is 2. The maximum atomic E-state index is 11.1. The molecule has 0 unspecified atom stereocenters. The Kier molecular flexibility index (Phi) is 3.16. The molecule has 0 saturated heterocycles. The second-order valence-electron chi connectivity index (χ2n) is 6.76. The average Bonchev–Trinajstić information content (AvgIpc) is 2.14. The van der Waals surface area contributed by atoms with E-state index in [-0.39, 0.29) is 5.92 Å². The highest BCUT2D eigenvalue weighted by molar-refractivity contribution is 5.16. The molecule has 0 heterocycles. The molecule has 17 heavy (non-hydrogen) atoms.